The minimum absolute atomic E-state index is 0.332. The SMILES string of the molecule is O=C(Nc1ccccc1C(=O)Nc1ccccn1)c1cccnc1. The van der Waals surface area contributed by atoms with Crippen molar-refractivity contribution in [1.82, 2.24) is 9.97 Å². The Morgan fingerprint density at radius 2 is 1.62 bits per heavy atom. The zero-order valence-electron chi connectivity index (χ0n) is 12.6. The largest absolute Gasteiger partial charge is 0.321 e. The Hall–Kier alpha value is -3.54. The molecular weight excluding hydrogens is 304 g/mol. The molecule has 0 atom stereocenters. The smallest absolute Gasteiger partial charge is 0.258 e. The topological polar surface area (TPSA) is 84.0 Å². The van der Waals surface area contributed by atoms with Gasteiger partial charge in [0, 0.05) is 18.6 Å². The molecule has 0 aliphatic heterocycles. The van der Waals surface area contributed by atoms with Crippen molar-refractivity contribution < 1.29 is 9.59 Å². The molecule has 2 amide bonds. The highest BCUT2D eigenvalue weighted by molar-refractivity contribution is 6.12. The molecule has 3 rings (SSSR count). The number of carbonyl (C=O) groups excluding carboxylic acids is 2. The molecule has 0 saturated heterocycles. The van der Waals surface area contributed by atoms with Crippen LogP contribution in [0.15, 0.2) is 73.2 Å². The first kappa shape index (κ1) is 15.4. The summed E-state index contributed by atoms with van der Waals surface area (Å²) < 4.78 is 0. The summed E-state index contributed by atoms with van der Waals surface area (Å²) in [6, 6.07) is 15.3. The lowest BCUT2D eigenvalue weighted by molar-refractivity contribution is 0.102. The number of anilines is 2. The molecule has 24 heavy (non-hydrogen) atoms. The summed E-state index contributed by atoms with van der Waals surface area (Å²) in [7, 11) is 0. The number of hydrogen-bond acceptors (Lipinski definition) is 4. The summed E-state index contributed by atoms with van der Waals surface area (Å²) in [5.41, 5.74) is 1.18. The number of amides is 2. The van der Waals surface area contributed by atoms with Crippen molar-refractivity contribution in [3.8, 4) is 0 Å². The van der Waals surface area contributed by atoms with Gasteiger partial charge in [0.2, 0.25) is 0 Å². The highest BCUT2D eigenvalue weighted by atomic mass is 16.2. The van der Waals surface area contributed by atoms with Crippen molar-refractivity contribution in [2.24, 2.45) is 0 Å². The highest BCUT2D eigenvalue weighted by Gasteiger charge is 2.14. The van der Waals surface area contributed by atoms with E-state index in [0.29, 0.717) is 22.6 Å². The average molecular weight is 318 g/mol. The van der Waals surface area contributed by atoms with Gasteiger partial charge in [0.05, 0.1) is 16.8 Å². The van der Waals surface area contributed by atoms with Gasteiger partial charge in [0.1, 0.15) is 5.82 Å². The fourth-order valence-corrected chi connectivity index (χ4v) is 2.10. The van der Waals surface area contributed by atoms with Crippen molar-refractivity contribution in [2.45, 2.75) is 0 Å². The van der Waals surface area contributed by atoms with E-state index in [0.717, 1.165) is 0 Å². The van der Waals surface area contributed by atoms with Gasteiger partial charge in [-0.15, -0.1) is 0 Å². The van der Waals surface area contributed by atoms with Crippen molar-refractivity contribution >= 4 is 23.3 Å². The molecule has 0 radical (unpaired) electrons. The van der Waals surface area contributed by atoms with Crippen LogP contribution >= 0.6 is 0 Å². The average Bonchev–Trinajstić information content (AvgIpc) is 2.63. The lowest BCUT2D eigenvalue weighted by Crippen LogP contribution is -2.18. The second-order valence-electron chi connectivity index (χ2n) is 4.91. The number of para-hydroxylation sites is 1. The first-order valence-corrected chi connectivity index (χ1v) is 7.27. The summed E-state index contributed by atoms with van der Waals surface area (Å²) in [6.07, 6.45) is 4.64. The number of hydrogen-bond donors (Lipinski definition) is 2. The van der Waals surface area contributed by atoms with E-state index in [1.165, 1.54) is 6.20 Å². The Bertz CT molecular complexity index is 851. The molecule has 0 aliphatic carbocycles. The predicted molar refractivity (Wildman–Crippen MR) is 90.8 cm³/mol. The monoisotopic (exact) mass is 318 g/mol. The van der Waals surface area contributed by atoms with Crippen molar-refractivity contribution in [1.29, 1.82) is 0 Å². The Morgan fingerprint density at radius 3 is 2.38 bits per heavy atom. The van der Waals surface area contributed by atoms with Crippen LogP contribution in [0.5, 0.6) is 0 Å². The van der Waals surface area contributed by atoms with E-state index in [4.69, 9.17) is 0 Å². The van der Waals surface area contributed by atoms with Crippen molar-refractivity contribution in [3.63, 3.8) is 0 Å². The van der Waals surface area contributed by atoms with Gasteiger partial charge in [-0.2, -0.15) is 0 Å². The van der Waals surface area contributed by atoms with E-state index >= 15 is 0 Å². The molecule has 118 valence electrons. The zero-order valence-corrected chi connectivity index (χ0v) is 12.6. The molecule has 1 aromatic carbocycles. The standard InChI is InChI=1S/C18H14N4O2/c23-17(13-6-5-10-19-12-13)21-15-8-2-1-7-14(15)18(24)22-16-9-3-4-11-20-16/h1-12H,(H,21,23)(H,20,22,24). The van der Waals surface area contributed by atoms with Crippen molar-refractivity contribution in [2.75, 3.05) is 10.6 Å². The fourth-order valence-electron chi connectivity index (χ4n) is 2.10. The molecular formula is C18H14N4O2. The molecule has 0 saturated carbocycles. The number of benzene rings is 1. The van der Waals surface area contributed by atoms with Crippen LogP contribution in [0.3, 0.4) is 0 Å². The zero-order chi connectivity index (χ0) is 16.8. The Kier molecular flexibility index (Phi) is 4.57. The lowest BCUT2D eigenvalue weighted by Gasteiger charge is -2.11. The Labute approximate surface area is 138 Å². The second kappa shape index (κ2) is 7.15. The van der Waals surface area contributed by atoms with Crippen LogP contribution < -0.4 is 10.6 Å². The number of pyridine rings is 2. The molecule has 2 aromatic heterocycles. The van der Waals surface area contributed by atoms with Gasteiger partial charge in [0.15, 0.2) is 0 Å². The maximum absolute atomic E-state index is 12.4. The van der Waals surface area contributed by atoms with Crippen molar-refractivity contribution in [3.05, 3.63) is 84.3 Å². The van der Waals surface area contributed by atoms with Gasteiger partial charge in [-0.3, -0.25) is 14.6 Å². The third kappa shape index (κ3) is 3.61. The summed E-state index contributed by atoms with van der Waals surface area (Å²) in [4.78, 5) is 32.7. The van der Waals surface area contributed by atoms with E-state index < -0.39 is 0 Å². The molecule has 6 nitrogen and oxygen atoms in total. The van der Waals surface area contributed by atoms with E-state index in [2.05, 4.69) is 20.6 Å². The fraction of sp³-hybridized carbons (Fsp3) is 0. The normalized spacial score (nSPS) is 10.0. The molecule has 0 spiro atoms. The molecule has 0 fully saturated rings. The molecule has 3 aromatic rings. The van der Waals surface area contributed by atoms with Gasteiger partial charge in [-0.25, -0.2) is 4.98 Å². The first-order chi connectivity index (χ1) is 11.7. The second-order valence-corrected chi connectivity index (χ2v) is 4.91. The lowest BCUT2D eigenvalue weighted by atomic mass is 10.1. The summed E-state index contributed by atoms with van der Waals surface area (Å²) in [5, 5.41) is 5.43. The van der Waals surface area contributed by atoms with Crippen LogP contribution in [-0.2, 0) is 0 Å². The van der Waals surface area contributed by atoms with Crippen LogP contribution in [-0.4, -0.2) is 21.8 Å². The highest BCUT2D eigenvalue weighted by Crippen LogP contribution is 2.17. The van der Waals surface area contributed by atoms with E-state index in [1.54, 1.807) is 67.0 Å². The Balaban J connectivity index is 1.80. The number of rotatable bonds is 4. The van der Waals surface area contributed by atoms with Gasteiger partial charge >= 0.3 is 0 Å². The summed E-state index contributed by atoms with van der Waals surface area (Å²) >= 11 is 0. The molecule has 0 bridgehead atoms. The van der Waals surface area contributed by atoms with E-state index in [-0.39, 0.29) is 11.8 Å². The van der Waals surface area contributed by atoms with Crippen LogP contribution in [0.25, 0.3) is 0 Å². The minimum atomic E-state index is -0.351. The number of nitrogens with one attached hydrogen (secondary N) is 2. The first-order valence-electron chi connectivity index (χ1n) is 7.27. The van der Waals surface area contributed by atoms with Gasteiger partial charge in [0.25, 0.3) is 11.8 Å². The number of aromatic nitrogens is 2. The van der Waals surface area contributed by atoms with Crippen LogP contribution in [0.1, 0.15) is 20.7 Å². The van der Waals surface area contributed by atoms with Crippen LogP contribution in [0, 0.1) is 0 Å². The van der Waals surface area contributed by atoms with Crippen LogP contribution in [0.2, 0.25) is 0 Å². The third-order valence-corrected chi connectivity index (χ3v) is 3.25. The number of nitrogens with zero attached hydrogens (tertiary/aromatic N) is 2. The third-order valence-electron chi connectivity index (χ3n) is 3.25. The van der Waals surface area contributed by atoms with Crippen LogP contribution in [0.4, 0.5) is 11.5 Å². The maximum Gasteiger partial charge on any atom is 0.258 e. The molecule has 0 aliphatic rings. The quantitative estimate of drug-likeness (QED) is 0.774. The maximum atomic E-state index is 12.4. The molecule has 2 heterocycles. The minimum Gasteiger partial charge on any atom is -0.321 e. The molecule has 2 N–H and O–H groups in total. The predicted octanol–water partition coefficient (Wildman–Crippen LogP) is 2.98. The molecule has 0 unspecified atom stereocenters. The summed E-state index contributed by atoms with van der Waals surface area (Å²) in [5.74, 6) is -0.243. The van der Waals surface area contributed by atoms with Gasteiger partial charge in [-0.1, -0.05) is 18.2 Å². The van der Waals surface area contributed by atoms with Gasteiger partial charge in [-0.05, 0) is 36.4 Å². The van der Waals surface area contributed by atoms with E-state index in [1.807, 2.05) is 0 Å². The van der Waals surface area contributed by atoms with Gasteiger partial charge < -0.3 is 10.6 Å². The molecule has 6 heteroatoms. The Morgan fingerprint density at radius 1 is 0.792 bits per heavy atom. The van der Waals surface area contributed by atoms with E-state index in [9.17, 15) is 9.59 Å². The summed E-state index contributed by atoms with van der Waals surface area (Å²) in [6.45, 7) is 0. The number of carbonyl (C=O) groups is 2.